The summed E-state index contributed by atoms with van der Waals surface area (Å²) >= 11 is 3.64. The van der Waals surface area contributed by atoms with Gasteiger partial charge in [-0.05, 0) is 19.3 Å². The Kier molecular flexibility index (Phi) is 76.0. The van der Waals surface area contributed by atoms with E-state index in [9.17, 15) is 0 Å². The topological polar surface area (TPSA) is 80.9 Å². The predicted molar refractivity (Wildman–Crippen MR) is 185 cm³/mol. The van der Waals surface area contributed by atoms with E-state index < -0.39 is 0 Å². The monoisotopic (exact) mass is 659 g/mol. The van der Waals surface area contributed by atoms with Crippen molar-refractivity contribution in [1.82, 2.24) is 0 Å². The molecular formula is C36H79ClO4Ti. The molecule has 0 aliphatic heterocycles. The van der Waals surface area contributed by atoms with Crippen molar-refractivity contribution < 1.29 is 41.7 Å². The molecule has 0 aliphatic rings. The quantitative estimate of drug-likeness (QED) is 0.0457. The minimum atomic E-state index is 0. The molecule has 0 bridgehead atoms. The van der Waals surface area contributed by atoms with Crippen LogP contribution in [0.4, 0.5) is 0 Å². The summed E-state index contributed by atoms with van der Waals surface area (Å²) in [5.74, 6) is 0. The van der Waals surface area contributed by atoms with Gasteiger partial charge in [-0.2, -0.15) is 0 Å². The zero-order valence-corrected chi connectivity index (χ0v) is 31.3. The van der Waals surface area contributed by atoms with E-state index in [1.54, 1.807) is 0 Å². The van der Waals surface area contributed by atoms with Crippen LogP contribution >= 0.6 is 11.9 Å². The Morgan fingerprint density at radius 2 is 0.381 bits per heavy atom. The van der Waals surface area contributed by atoms with Gasteiger partial charge in [0.1, 0.15) is 0 Å². The SMILES string of the molecule is CCCCCCCCCCCCO.CCCCCCCCCCCCO.CCCCCCCCCCCCO.OCl.[Ti]. The van der Waals surface area contributed by atoms with Crippen LogP contribution in [-0.4, -0.2) is 39.8 Å². The van der Waals surface area contributed by atoms with Gasteiger partial charge in [-0.25, -0.2) is 0 Å². The van der Waals surface area contributed by atoms with Crippen LogP contribution < -0.4 is 0 Å². The molecule has 0 radical (unpaired) electrons. The zero-order chi connectivity index (χ0) is 31.3. The van der Waals surface area contributed by atoms with E-state index in [1.807, 2.05) is 0 Å². The Morgan fingerprint density at radius 1 is 0.262 bits per heavy atom. The normalized spacial score (nSPS) is 10.0. The number of unbranched alkanes of at least 4 members (excludes halogenated alkanes) is 27. The number of hydrogen-bond donors (Lipinski definition) is 4. The maximum absolute atomic E-state index is 8.57. The Hall–Kier alpha value is 0.844. The van der Waals surface area contributed by atoms with Gasteiger partial charge in [-0.15, -0.1) is 0 Å². The predicted octanol–water partition coefficient (Wildman–Crippen LogP) is 11.8. The van der Waals surface area contributed by atoms with E-state index in [1.165, 1.54) is 173 Å². The fourth-order valence-electron chi connectivity index (χ4n) is 4.80. The van der Waals surface area contributed by atoms with Gasteiger partial charge in [0.2, 0.25) is 0 Å². The summed E-state index contributed by atoms with van der Waals surface area (Å²) < 4.78 is 6.47. The molecule has 0 saturated carbocycles. The van der Waals surface area contributed by atoms with Crippen molar-refractivity contribution >= 4 is 11.9 Å². The van der Waals surface area contributed by atoms with Crippen LogP contribution in [-0.2, 0) is 21.7 Å². The van der Waals surface area contributed by atoms with Crippen molar-refractivity contribution in [1.29, 1.82) is 0 Å². The van der Waals surface area contributed by atoms with Crippen molar-refractivity contribution in [2.45, 2.75) is 213 Å². The van der Waals surface area contributed by atoms with Gasteiger partial charge in [0.15, 0.2) is 0 Å². The Bertz CT molecular complexity index is 283. The van der Waals surface area contributed by atoms with Crippen LogP contribution in [0.3, 0.4) is 0 Å². The summed E-state index contributed by atoms with van der Waals surface area (Å²) in [4.78, 5) is 0. The van der Waals surface area contributed by atoms with E-state index >= 15 is 0 Å². The molecule has 4 N–H and O–H groups in total. The summed E-state index contributed by atoms with van der Waals surface area (Å²) in [6.07, 6.45) is 39.9. The van der Waals surface area contributed by atoms with Gasteiger partial charge in [0.05, 0.1) is 11.9 Å². The van der Waals surface area contributed by atoms with Gasteiger partial charge < -0.3 is 15.3 Å². The largest absolute Gasteiger partial charge is 0.396 e. The smallest absolute Gasteiger partial charge is 0.0579 e. The summed E-state index contributed by atoms with van der Waals surface area (Å²) in [5.41, 5.74) is 0. The number of rotatable bonds is 30. The fourth-order valence-corrected chi connectivity index (χ4v) is 4.80. The fraction of sp³-hybridized carbons (Fsp3) is 1.00. The average molecular weight is 659 g/mol. The van der Waals surface area contributed by atoms with Crippen LogP contribution in [0.5, 0.6) is 0 Å². The Balaban J connectivity index is -0.000000156. The van der Waals surface area contributed by atoms with E-state index in [2.05, 4.69) is 32.6 Å². The van der Waals surface area contributed by atoms with Gasteiger partial charge in [0.25, 0.3) is 0 Å². The van der Waals surface area contributed by atoms with E-state index in [0.29, 0.717) is 19.8 Å². The molecule has 0 spiro atoms. The molecule has 258 valence electrons. The summed E-state index contributed by atoms with van der Waals surface area (Å²) in [6, 6.07) is 0. The second-order valence-electron chi connectivity index (χ2n) is 11.7. The van der Waals surface area contributed by atoms with Crippen molar-refractivity contribution in [2.75, 3.05) is 19.8 Å². The number of halogens is 1. The first-order valence-electron chi connectivity index (χ1n) is 18.2. The maximum atomic E-state index is 8.57. The van der Waals surface area contributed by atoms with Crippen LogP contribution in [0.15, 0.2) is 0 Å². The molecule has 4 nitrogen and oxygen atoms in total. The molecule has 0 aromatic heterocycles. The molecule has 42 heavy (non-hydrogen) atoms. The molecule has 0 atom stereocenters. The van der Waals surface area contributed by atoms with Crippen molar-refractivity contribution in [3.8, 4) is 0 Å². The van der Waals surface area contributed by atoms with Gasteiger partial charge in [-0.3, -0.25) is 4.66 Å². The van der Waals surface area contributed by atoms with Crippen LogP contribution in [0.1, 0.15) is 213 Å². The zero-order valence-electron chi connectivity index (χ0n) is 29.0. The standard InChI is InChI=1S/3C12H26O.ClHO.Ti/c3*1-2-3-4-5-6-7-8-9-10-11-12-13;1-2;/h3*13H,2-12H2,1H3;2H;. The minimum absolute atomic E-state index is 0. The molecule has 0 unspecified atom stereocenters. The van der Waals surface area contributed by atoms with Gasteiger partial charge in [-0.1, -0.05) is 194 Å². The third kappa shape index (κ3) is 68.2. The Morgan fingerprint density at radius 3 is 0.500 bits per heavy atom. The van der Waals surface area contributed by atoms with Crippen LogP contribution in [0.2, 0.25) is 0 Å². The maximum Gasteiger partial charge on any atom is 0.0579 e. The van der Waals surface area contributed by atoms with Crippen molar-refractivity contribution in [3.63, 3.8) is 0 Å². The molecule has 0 aliphatic carbocycles. The summed E-state index contributed by atoms with van der Waals surface area (Å²) in [6.45, 7) is 7.89. The minimum Gasteiger partial charge on any atom is -0.396 e. The molecule has 6 heteroatoms. The Labute approximate surface area is 285 Å². The molecule has 0 aromatic carbocycles. The van der Waals surface area contributed by atoms with Crippen molar-refractivity contribution in [3.05, 3.63) is 0 Å². The molecule has 0 amide bonds. The molecule has 0 saturated heterocycles. The van der Waals surface area contributed by atoms with Crippen LogP contribution in [0.25, 0.3) is 0 Å². The third-order valence-corrected chi connectivity index (χ3v) is 7.54. The first-order valence-corrected chi connectivity index (χ1v) is 18.6. The van der Waals surface area contributed by atoms with Crippen molar-refractivity contribution in [2.24, 2.45) is 0 Å². The first-order chi connectivity index (χ1) is 20.2. The van der Waals surface area contributed by atoms with E-state index in [-0.39, 0.29) is 21.7 Å². The molecule has 0 fully saturated rings. The average Bonchev–Trinajstić information content (AvgIpc) is 3.00. The van der Waals surface area contributed by atoms with E-state index in [4.69, 9.17) is 20.0 Å². The molecule has 0 aromatic rings. The van der Waals surface area contributed by atoms with Gasteiger partial charge >= 0.3 is 0 Å². The number of aliphatic hydroxyl groups is 3. The summed E-state index contributed by atoms with van der Waals surface area (Å²) in [7, 11) is 0. The summed E-state index contributed by atoms with van der Waals surface area (Å²) in [5, 5.41) is 25.7. The van der Waals surface area contributed by atoms with Gasteiger partial charge in [0, 0.05) is 41.5 Å². The third-order valence-electron chi connectivity index (χ3n) is 7.54. The number of hydrogen-bond acceptors (Lipinski definition) is 4. The first kappa shape index (κ1) is 52.4. The second kappa shape index (κ2) is 60.9. The van der Waals surface area contributed by atoms with E-state index in [0.717, 1.165) is 19.3 Å². The molecular weight excluding hydrogens is 580 g/mol. The molecule has 0 rings (SSSR count). The number of aliphatic hydroxyl groups excluding tert-OH is 3. The molecule has 0 heterocycles. The van der Waals surface area contributed by atoms with Crippen LogP contribution in [0, 0.1) is 0 Å². The second-order valence-corrected chi connectivity index (χ2v) is 11.7.